The number of nitrogens with two attached hydrogens (primary N) is 1. The Bertz CT molecular complexity index is 446. The topological polar surface area (TPSA) is 72.6 Å². The maximum absolute atomic E-state index is 13.1. The van der Waals surface area contributed by atoms with Crippen molar-refractivity contribution in [3.8, 4) is 0 Å². The van der Waals surface area contributed by atoms with E-state index in [1.807, 2.05) is 0 Å². The number of hydrogen-bond donors (Lipinski definition) is 1. The van der Waals surface area contributed by atoms with Gasteiger partial charge in [0.25, 0.3) is 5.91 Å². The summed E-state index contributed by atoms with van der Waals surface area (Å²) >= 11 is 0. The number of nitrogen functional groups attached to an aromatic ring is 1. The fourth-order valence-electron chi connectivity index (χ4n) is 0.994. The largest absolute Gasteiger partial charge is 0.452 e. The number of amides is 1. The number of rotatable bonds is 3. The summed E-state index contributed by atoms with van der Waals surface area (Å²) in [6.07, 6.45) is 0. The monoisotopic (exact) mass is 240 g/mol. The Hall–Kier alpha value is -2.11. The van der Waals surface area contributed by atoms with E-state index in [2.05, 4.69) is 0 Å². The molecular formula is C11H13FN2O3. The van der Waals surface area contributed by atoms with Crippen molar-refractivity contribution in [2.24, 2.45) is 0 Å². The summed E-state index contributed by atoms with van der Waals surface area (Å²) in [6.45, 7) is -0.377. The van der Waals surface area contributed by atoms with Crippen LogP contribution in [0.2, 0.25) is 0 Å². The number of carbonyl (C=O) groups is 2. The lowest BCUT2D eigenvalue weighted by atomic mass is 10.2. The van der Waals surface area contributed by atoms with Gasteiger partial charge in [-0.15, -0.1) is 0 Å². The summed E-state index contributed by atoms with van der Waals surface area (Å²) < 4.78 is 17.8. The first-order valence-corrected chi connectivity index (χ1v) is 4.84. The first-order valence-electron chi connectivity index (χ1n) is 4.84. The van der Waals surface area contributed by atoms with Crippen LogP contribution in [0.4, 0.5) is 10.1 Å². The number of ether oxygens (including phenoxy) is 1. The predicted octanol–water partition coefficient (Wildman–Crippen LogP) is 0.653. The summed E-state index contributed by atoms with van der Waals surface area (Å²) in [4.78, 5) is 23.9. The van der Waals surface area contributed by atoms with Gasteiger partial charge in [0, 0.05) is 14.1 Å². The highest BCUT2D eigenvalue weighted by Gasteiger charge is 2.12. The van der Waals surface area contributed by atoms with E-state index in [-0.39, 0.29) is 23.8 Å². The Labute approximate surface area is 98.0 Å². The Morgan fingerprint density at radius 1 is 1.41 bits per heavy atom. The molecule has 0 spiro atoms. The molecule has 1 aromatic rings. The van der Waals surface area contributed by atoms with Gasteiger partial charge in [-0.05, 0) is 18.2 Å². The molecule has 0 heterocycles. The number of hydrogen-bond acceptors (Lipinski definition) is 4. The number of nitrogens with zero attached hydrogens (tertiary/aromatic N) is 1. The maximum Gasteiger partial charge on any atom is 0.338 e. The lowest BCUT2D eigenvalue weighted by Gasteiger charge is -2.10. The van der Waals surface area contributed by atoms with Crippen molar-refractivity contribution < 1.29 is 18.7 Å². The van der Waals surface area contributed by atoms with E-state index in [0.29, 0.717) is 0 Å². The molecule has 0 unspecified atom stereocenters. The van der Waals surface area contributed by atoms with Gasteiger partial charge in [0.1, 0.15) is 5.82 Å². The van der Waals surface area contributed by atoms with Crippen LogP contribution in [0.15, 0.2) is 18.2 Å². The van der Waals surface area contributed by atoms with Crippen molar-refractivity contribution in [2.45, 2.75) is 0 Å². The van der Waals surface area contributed by atoms with E-state index in [1.54, 1.807) is 14.1 Å². The number of halogens is 1. The SMILES string of the molecule is CN(C)C(=O)COC(=O)c1ccc(N)c(F)c1. The second kappa shape index (κ2) is 5.29. The lowest BCUT2D eigenvalue weighted by Crippen LogP contribution is -2.27. The van der Waals surface area contributed by atoms with Gasteiger partial charge in [-0.1, -0.05) is 0 Å². The van der Waals surface area contributed by atoms with Crippen molar-refractivity contribution >= 4 is 17.6 Å². The van der Waals surface area contributed by atoms with Gasteiger partial charge >= 0.3 is 5.97 Å². The summed E-state index contributed by atoms with van der Waals surface area (Å²) in [6, 6.07) is 3.57. The van der Waals surface area contributed by atoms with Crippen LogP contribution in [-0.2, 0) is 9.53 Å². The molecule has 2 N–H and O–H groups in total. The minimum absolute atomic E-state index is 0.0169. The van der Waals surface area contributed by atoms with Gasteiger partial charge in [-0.2, -0.15) is 0 Å². The molecule has 1 aromatic carbocycles. The van der Waals surface area contributed by atoms with Gasteiger partial charge in [-0.3, -0.25) is 4.79 Å². The number of likely N-dealkylation sites (N-methyl/N-ethyl adjacent to an activating group) is 1. The van der Waals surface area contributed by atoms with Crippen molar-refractivity contribution in [3.05, 3.63) is 29.6 Å². The third-order valence-electron chi connectivity index (χ3n) is 2.06. The van der Waals surface area contributed by atoms with Gasteiger partial charge < -0.3 is 15.4 Å². The highest BCUT2D eigenvalue weighted by molar-refractivity contribution is 5.91. The Kier molecular flexibility index (Phi) is 4.03. The molecule has 0 saturated carbocycles. The quantitative estimate of drug-likeness (QED) is 0.622. The summed E-state index contributed by atoms with van der Waals surface area (Å²) in [5.41, 5.74) is 5.23. The van der Waals surface area contributed by atoms with Crippen LogP contribution in [0.5, 0.6) is 0 Å². The van der Waals surface area contributed by atoms with E-state index in [9.17, 15) is 14.0 Å². The lowest BCUT2D eigenvalue weighted by molar-refractivity contribution is -0.131. The maximum atomic E-state index is 13.1. The summed E-state index contributed by atoms with van der Waals surface area (Å²) in [5, 5.41) is 0. The molecule has 5 nitrogen and oxygen atoms in total. The average Bonchev–Trinajstić information content (AvgIpc) is 2.28. The molecule has 6 heteroatoms. The van der Waals surface area contributed by atoms with Crippen LogP contribution in [0, 0.1) is 5.82 Å². The van der Waals surface area contributed by atoms with Crippen molar-refractivity contribution in [1.29, 1.82) is 0 Å². The molecule has 1 amide bonds. The van der Waals surface area contributed by atoms with E-state index in [1.165, 1.54) is 17.0 Å². The van der Waals surface area contributed by atoms with Crippen molar-refractivity contribution in [1.82, 2.24) is 4.90 Å². The van der Waals surface area contributed by atoms with Crippen LogP contribution < -0.4 is 5.73 Å². The van der Waals surface area contributed by atoms with Crippen LogP contribution in [0.25, 0.3) is 0 Å². The molecule has 0 saturated heterocycles. The van der Waals surface area contributed by atoms with E-state index < -0.39 is 11.8 Å². The minimum atomic E-state index is -0.765. The third-order valence-corrected chi connectivity index (χ3v) is 2.06. The fourth-order valence-corrected chi connectivity index (χ4v) is 0.994. The standard InChI is InChI=1S/C11H13FN2O3/c1-14(2)10(15)6-17-11(16)7-3-4-9(13)8(12)5-7/h3-5H,6,13H2,1-2H3. The molecule has 0 aliphatic rings. The second-order valence-electron chi connectivity index (χ2n) is 3.60. The molecular weight excluding hydrogens is 227 g/mol. The molecule has 0 aliphatic carbocycles. The zero-order chi connectivity index (χ0) is 13.0. The van der Waals surface area contributed by atoms with Gasteiger partial charge in [-0.25, -0.2) is 9.18 Å². The van der Waals surface area contributed by atoms with Crippen LogP contribution in [-0.4, -0.2) is 37.5 Å². The number of esters is 1. The third kappa shape index (κ3) is 3.44. The molecule has 92 valence electrons. The van der Waals surface area contributed by atoms with E-state index in [0.717, 1.165) is 6.07 Å². The molecule has 0 aromatic heterocycles. The number of anilines is 1. The first-order chi connectivity index (χ1) is 7.91. The van der Waals surface area contributed by atoms with Gasteiger partial charge in [0.05, 0.1) is 11.3 Å². The summed E-state index contributed by atoms with van der Waals surface area (Å²) in [7, 11) is 3.08. The Morgan fingerprint density at radius 3 is 2.59 bits per heavy atom. The van der Waals surface area contributed by atoms with E-state index in [4.69, 9.17) is 10.5 Å². The fraction of sp³-hybridized carbons (Fsp3) is 0.273. The minimum Gasteiger partial charge on any atom is -0.452 e. The van der Waals surface area contributed by atoms with E-state index >= 15 is 0 Å². The molecule has 0 aliphatic heterocycles. The van der Waals surface area contributed by atoms with Crippen LogP contribution in [0.3, 0.4) is 0 Å². The van der Waals surface area contributed by atoms with Gasteiger partial charge in [0.15, 0.2) is 6.61 Å². The van der Waals surface area contributed by atoms with Crippen LogP contribution >= 0.6 is 0 Å². The number of benzene rings is 1. The predicted molar refractivity (Wildman–Crippen MR) is 59.8 cm³/mol. The molecule has 0 bridgehead atoms. The second-order valence-corrected chi connectivity index (χ2v) is 3.60. The van der Waals surface area contributed by atoms with Crippen molar-refractivity contribution in [3.63, 3.8) is 0 Å². The highest BCUT2D eigenvalue weighted by Crippen LogP contribution is 2.12. The Balaban J connectivity index is 2.64. The molecule has 0 fully saturated rings. The average molecular weight is 240 g/mol. The zero-order valence-electron chi connectivity index (χ0n) is 9.57. The van der Waals surface area contributed by atoms with Crippen LogP contribution in [0.1, 0.15) is 10.4 Å². The Morgan fingerprint density at radius 2 is 2.06 bits per heavy atom. The molecule has 0 radical (unpaired) electrons. The first kappa shape index (κ1) is 13.0. The highest BCUT2D eigenvalue weighted by atomic mass is 19.1. The molecule has 1 rings (SSSR count). The smallest absolute Gasteiger partial charge is 0.338 e. The zero-order valence-corrected chi connectivity index (χ0v) is 9.57. The normalized spacial score (nSPS) is 9.82. The molecule has 17 heavy (non-hydrogen) atoms. The molecule has 0 atom stereocenters. The van der Waals surface area contributed by atoms with Crippen molar-refractivity contribution in [2.75, 3.05) is 26.4 Å². The van der Waals surface area contributed by atoms with Gasteiger partial charge in [0.2, 0.25) is 0 Å². The summed E-state index contributed by atoms with van der Waals surface area (Å²) in [5.74, 6) is -1.81. The number of carbonyl (C=O) groups excluding carboxylic acids is 2.